The first-order valence-corrected chi connectivity index (χ1v) is 16.0. The summed E-state index contributed by atoms with van der Waals surface area (Å²) in [5.41, 5.74) is 0. The minimum atomic E-state index is -4.55. The Balaban J connectivity index is 4.54. The van der Waals surface area contributed by atoms with Gasteiger partial charge in [-0.05, 0) is 19.3 Å². The van der Waals surface area contributed by atoms with E-state index in [9.17, 15) is 19.4 Å². The van der Waals surface area contributed by atoms with Crippen LogP contribution < -0.4 is 10.2 Å². The summed E-state index contributed by atoms with van der Waals surface area (Å²) in [6.07, 6.45) is 19.0. The van der Waals surface area contributed by atoms with Crippen molar-refractivity contribution in [3.63, 3.8) is 0 Å². The summed E-state index contributed by atoms with van der Waals surface area (Å²) in [6, 6.07) is -0.873. The lowest BCUT2D eigenvalue weighted by molar-refractivity contribution is -0.870. The van der Waals surface area contributed by atoms with E-state index in [2.05, 4.69) is 19.2 Å². The number of aliphatic hydroxyl groups is 1. The molecule has 1 amide bonds. The van der Waals surface area contributed by atoms with Gasteiger partial charge in [-0.25, -0.2) is 0 Å². The average Bonchev–Trinajstić information content (AvgIpc) is 2.81. The van der Waals surface area contributed by atoms with Crippen molar-refractivity contribution in [2.45, 2.75) is 122 Å². The molecule has 0 aromatic carbocycles. The zero-order valence-corrected chi connectivity index (χ0v) is 25.3. The fourth-order valence-electron chi connectivity index (χ4n) is 3.79. The second-order valence-corrected chi connectivity index (χ2v) is 12.5. The van der Waals surface area contributed by atoms with Gasteiger partial charge in [0, 0.05) is 6.42 Å². The molecule has 0 aliphatic rings. The van der Waals surface area contributed by atoms with E-state index in [1.54, 1.807) is 6.08 Å². The molecule has 8 nitrogen and oxygen atoms in total. The predicted octanol–water partition coefficient (Wildman–Crippen LogP) is 5.49. The molecule has 0 fully saturated rings. The minimum absolute atomic E-state index is 0.000362. The molecule has 220 valence electrons. The van der Waals surface area contributed by atoms with Crippen molar-refractivity contribution >= 4 is 13.7 Å². The van der Waals surface area contributed by atoms with Crippen LogP contribution in [0, 0.1) is 0 Å². The van der Waals surface area contributed by atoms with Crippen molar-refractivity contribution < 1.29 is 32.9 Å². The van der Waals surface area contributed by atoms with Crippen molar-refractivity contribution in [2.24, 2.45) is 0 Å². The van der Waals surface area contributed by atoms with Gasteiger partial charge in [0.25, 0.3) is 7.82 Å². The molecule has 3 atom stereocenters. The normalized spacial score (nSPS) is 15.5. The third-order valence-electron chi connectivity index (χ3n) is 6.25. The number of rotatable bonds is 25. The van der Waals surface area contributed by atoms with Crippen LogP contribution in [0.2, 0.25) is 0 Å². The summed E-state index contributed by atoms with van der Waals surface area (Å²) in [6.45, 7) is 4.41. The number of carbonyl (C=O) groups excluding carboxylic acids is 1. The Morgan fingerprint density at radius 3 is 2.03 bits per heavy atom. The van der Waals surface area contributed by atoms with Gasteiger partial charge in [-0.3, -0.25) is 9.36 Å². The zero-order chi connectivity index (χ0) is 28.0. The van der Waals surface area contributed by atoms with Gasteiger partial charge in [-0.15, -0.1) is 0 Å². The number of phosphoric acid groups is 1. The highest BCUT2D eigenvalue weighted by Gasteiger charge is 2.23. The van der Waals surface area contributed by atoms with Crippen molar-refractivity contribution in [3.8, 4) is 0 Å². The zero-order valence-electron chi connectivity index (χ0n) is 24.4. The minimum Gasteiger partial charge on any atom is -0.756 e. The maximum absolute atomic E-state index is 12.3. The Kier molecular flexibility index (Phi) is 21.6. The summed E-state index contributed by atoms with van der Waals surface area (Å²) < 4.78 is 22.7. The lowest BCUT2D eigenvalue weighted by Gasteiger charge is -2.29. The van der Waals surface area contributed by atoms with Crippen molar-refractivity contribution in [3.05, 3.63) is 12.2 Å². The van der Waals surface area contributed by atoms with E-state index in [1.165, 1.54) is 51.4 Å². The lowest BCUT2D eigenvalue weighted by atomic mass is 10.1. The highest BCUT2D eigenvalue weighted by atomic mass is 31.2. The predicted molar refractivity (Wildman–Crippen MR) is 150 cm³/mol. The maximum atomic E-state index is 12.3. The van der Waals surface area contributed by atoms with Crippen LogP contribution >= 0.6 is 7.82 Å². The Labute approximate surface area is 227 Å². The number of carbonyl (C=O) groups is 1. The van der Waals surface area contributed by atoms with Gasteiger partial charge in [0.05, 0.1) is 39.9 Å². The van der Waals surface area contributed by atoms with E-state index < -0.39 is 20.0 Å². The highest BCUT2D eigenvalue weighted by molar-refractivity contribution is 7.45. The first-order chi connectivity index (χ1) is 17.5. The molecule has 0 bridgehead atoms. The van der Waals surface area contributed by atoms with Gasteiger partial charge in [0.1, 0.15) is 13.2 Å². The number of unbranched alkanes of at least 4 members (excludes halogenated alkanes) is 12. The molecule has 0 radical (unpaired) electrons. The molecule has 37 heavy (non-hydrogen) atoms. The number of nitrogens with one attached hydrogen (secondary N) is 1. The Morgan fingerprint density at radius 2 is 1.46 bits per heavy atom. The van der Waals surface area contributed by atoms with Crippen LogP contribution in [0.4, 0.5) is 0 Å². The largest absolute Gasteiger partial charge is 0.756 e. The van der Waals surface area contributed by atoms with Crippen molar-refractivity contribution in [1.29, 1.82) is 0 Å². The van der Waals surface area contributed by atoms with Gasteiger partial charge < -0.3 is 28.8 Å². The second-order valence-electron chi connectivity index (χ2n) is 11.1. The SMILES string of the molecule is CCCCCCCCCCCC/C=C/C(O)C(COP(=O)([O-])OCC[N+](C)(C)C)NC(=O)CCCCC. The standard InChI is InChI=1S/C28H57N2O6P/c1-6-8-10-11-12-13-14-15-16-17-18-20-21-27(31)26(29-28(32)22-19-9-7-2)25-36-37(33,34)35-24-23-30(3,4)5/h20-21,26-27,31H,6-19,22-25H2,1-5H3,(H-,29,32,33,34)/b21-20+. The Morgan fingerprint density at radius 1 is 0.919 bits per heavy atom. The molecule has 0 rings (SSSR count). The first kappa shape index (κ1) is 36.2. The highest BCUT2D eigenvalue weighted by Crippen LogP contribution is 2.38. The van der Waals surface area contributed by atoms with Crippen LogP contribution in [-0.2, 0) is 18.4 Å². The summed E-state index contributed by atoms with van der Waals surface area (Å²) in [5.74, 6) is -0.226. The monoisotopic (exact) mass is 548 g/mol. The number of allylic oxidation sites excluding steroid dienone is 1. The second kappa shape index (κ2) is 22.1. The third-order valence-corrected chi connectivity index (χ3v) is 7.21. The van der Waals surface area contributed by atoms with E-state index >= 15 is 0 Å². The van der Waals surface area contributed by atoms with Crippen LogP contribution in [-0.4, -0.2) is 68.5 Å². The van der Waals surface area contributed by atoms with Crippen molar-refractivity contribution in [1.82, 2.24) is 5.32 Å². The molecule has 0 aromatic heterocycles. The van der Waals surface area contributed by atoms with E-state index in [-0.39, 0.29) is 19.1 Å². The third kappa shape index (κ3) is 24.0. The van der Waals surface area contributed by atoms with Crippen molar-refractivity contribution in [2.75, 3.05) is 40.9 Å². The maximum Gasteiger partial charge on any atom is 0.268 e. The molecular weight excluding hydrogens is 491 g/mol. The number of likely N-dealkylation sites (N-methyl/N-ethyl adjacent to an activating group) is 1. The fourth-order valence-corrected chi connectivity index (χ4v) is 4.52. The summed E-state index contributed by atoms with van der Waals surface area (Å²) in [7, 11) is 1.25. The lowest BCUT2D eigenvalue weighted by Crippen LogP contribution is -2.45. The van der Waals surface area contributed by atoms with Gasteiger partial charge in [0.2, 0.25) is 5.91 Å². The van der Waals surface area contributed by atoms with Gasteiger partial charge in [0.15, 0.2) is 0 Å². The number of hydrogen-bond donors (Lipinski definition) is 2. The number of phosphoric ester groups is 1. The molecule has 0 aromatic rings. The van der Waals surface area contributed by atoms with Crippen LogP contribution in [0.1, 0.15) is 110 Å². The molecule has 0 heterocycles. The number of aliphatic hydroxyl groups excluding tert-OH is 1. The number of nitrogens with zero attached hydrogens (tertiary/aromatic N) is 1. The number of quaternary nitrogens is 1. The topological polar surface area (TPSA) is 108 Å². The van der Waals surface area contributed by atoms with Crippen LogP contribution in [0.3, 0.4) is 0 Å². The molecule has 0 saturated carbocycles. The number of hydrogen-bond acceptors (Lipinski definition) is 6. The Bertz CT molecular complexity index is 639. The first-order valence-electron chi connectivity index (χ1n) is 14.6. The van der Waals surface area contributed by atoms with Crippen LogP contribution in [0.15, 0.2) is 12.2 Å². The quantitative estimate of drug-likeness (QED) is 0.0676. The molecular formula is C28H57N2O6P. The number of amides is 1. The summed E-state index contributed by atoms with van der Waals surface area (Å²) in [4.78, 5) is 24.5. The van der Waals surface area contributed by atoms with Crippen LogP contribution in [0.5, 0.6) is 0 Å². The molecule has 0 aliphatic carbocycles. The smallest absolute Gasteiger partial charge is 0.268 e. The van der Waals surface area contributed by atoms with Gasteiger partial charge in [-0.2, -0.15) is 0 Å². The average molecular weight is 549 g/mol. The molecule has 0 spiro atoms. The van der Waals surface area contributed by atoms with E-state index in [4.69, 9.17) is 9.05 Å². The molecule has 0 aliphatic heterocycles. The van der Waals surface area contributed by atoms with E-state index in [1.807, 2.05) is 27.2 Å². The molecule has 3 unspecified atom stereocenters. The van der Waals surface area contributed by atoms with Gasteiger partial charge >= 0.3 is 0 Å². The van der Waals surface area contributed by atoms with Gasteiger partial charge in [-0.1, -0.05) is 96.6 Å². The summed E-state index contributed by atoms with van der Waals surface area (Å²) >= 11 is 0. The molecule has 2 N–H and O–H groups in total. The molecule has 0 saturated heterocycles. The summed E-state index contributed by atoms with van der Waals surface area (Å²) in [5, 5.41) is 13.4. The van der Waals surface area contributed by atoms with Crippen LogP contribution in [0.25, 0.3) is 0 Å². The Hall–Kier alpha value is -0.760. The van der Waals surface area contributed by atoms with E-state index in [0.717, 1.165) is 38.5 Å². The van der Waals surface area contributed by atoms with E-state index in [0.29, 0.717) is 17.4 Å². The molecule has 9 heteroatoms. The fraction of sp³-hybridized carbons (Fsp3) is 0.893.